The Bertz CT molecular complexity index is 1160. The van der Waals surface area contributed by atoms with Crippen molar-refractivity contribution in [2.24, 2.45) is 4.99 Å². The molecular weight excluding hydrogens is 350 g/mol. The van der Waals surface area contributed by atoms with Gasteiger partial charge in [-0.05, 0) is 37.3 Å². The van der Waals surface area contributed by atoms with E-state index in [1.165, 1.54) is 25.1 Å². The Morgan fingerprint density at radius 1 is 1.07 bits per heavy atom. The minimum Gasteiger partial charge on any atom is -0.493 e. The van der Waals surface area contributed by atoms with Crippen molar-refractivity contribution in [3.05, 3.63) is 86.6 Å². The number of hydrogen-bond donors (Lipinski definition) is 3. The van der Waals surface area contributed by atoms with Crippen LogP contribution in [0, 0.1) is 0 Å². The maximum atomic E-state index is 12.2. The van der Waals surface area contributed by atoms with Crippen molar-refractivity contribution < 1.29 is 15.0 Å². The minimum absolute atomic E-state index is 0.0384. The average Bonchev–Trinajstić information content (AvgIpc) is 2.62. The van der Waals surface area contributed by atoms with E-state index in [4.69, 9.17) is 5.11 Å². The van der Waals surface area contributed by atoms with Gasteiger partial charge in [0.15, 0.2) is 0 Å². The third-order valence-corrected chi connectivity index (χ3v) is 3.85. The summed E-state index contributed by atoms with van der Waals surface area (Å²) in [5.74, 6) is -1.66. The SMILES string of the molecule is CC(=Nc1cccc(C(=O)O)c1)c1c(O)n(-c2ccccc2)c(=O)[nH]c1=O. The second kappa shape index (κ2) is 7.12. The van der Waals surface area contributed by atoms with Gasteiger partial charge in [0.1, 0.15) is 5.56 Å². The molecule has 8 nitrogen and oxygen atoms in total. The molecule has 0 amide bonds. The zero-order chi connectivity index (χ0) is 19.6. The fourth-order valence-electron chi connectivity index (χ4n) is 2.63. The Labute approximate surface area is 152 Å². The van der Waals surface area contributed by atoms with Crippen molar-refractivity contribution in [2.75, 3.05) is 0 Å². The molecule has 0 aliphatic rings. The lowest BCUT2D eigenvalue weighted by Gasteiger charge is -2.11. The van der Waals surface area contributed by atoms with Crippen LogP contribution in [0.25, 0.3) is 5.69 Å². The van der Waals surface area contributed by atoms with Gasteiger partial charge >= 0.3 is 11.7 Å². The summed E-state index contributed by atoms with van der Waals surface area (Å²) in [5.41, 5.74) is -0.924. The van der Waals surface area contributed by atoms with Gasteiger partial charge in [0.2, 0.25) is 5.88 Å². The maximum absolute atomic E-state index is 12.2. The summed E-state index contributed by atoms with van der Waals surface area (Å²) in [6.07, 6.45) is 0. The van der Waals surface area contributed by atoms with Gasteiger partial charge in [-0.2, -0.15) is 0 Å². The average molecular weight is 365 g/mol. The van der Waals surface area contributed by atoms with Crippen molar-refractivity contribution in [2.45, 2.75) is 6.92 Å². The smallest absolute Gasteiger partial charge is 0.335 e. The Morgan fingerprint density at radius 2 is 1.78 bits per heavy atom. The molecule has 0 saturated heterocycles. The second-order valence-electron chi connectivity index (χ2n) is 5.68. The van der Waals surface area contributed by atoms with Gasteiger partial charge in [-0.25, -0.2) is 14.2 Å². The fraction of sp³-hybridized carbons (Fsp3) is 0.0526. The largest absolute Gasteiger partial charge is 0.493 e. The van der Waals surface area contributed by atoms with E-state index < -0.39 is 23.1 Å². The molecule has 0 aliphatic heterocycles. The molecule has 0 spiro atoms. The molecule has 0 bridgehead atoms. The van der Waals surface area contributed by atoms with E-state index in [0.717, 1.165) is 4.57 Å². The highest BCUT2D eigenvalue weighted by molar-refractivity contribution is 6.02. The number of aromatic amines is 1. The normalized spacial score (nSPS) is 11.4. The van der Waals surface area contributed by atoms with Gasteiger partial charge in [-0.3, -0.25) is 14.8 Å². The number of nitrogens with one attached hydrogen (secondary N) is 1. The van der Waals surface area contributed by atoms with Crippen molar-refractivity contribution in [3.8, 4) is 11.6 Å². The number of carboxylic acids is 1. The van der Waals surface area contributed by atoms with Crippen LogP contribution in [0.2, 0.25) is 0 Å². The predicted octanol–water partition coefficient (Wildman–Crippen LogP) is 2.07. The van der Waals surface area contributed by atoms with Crippen LogP contribution in [-0.4, -0.2) is 31.4 Å². The molecule has 3 N–H and O–H groups in total. The van der Waals surface area contributed by atoms with Gasteiger partial charge < -0.3 is 10.2 Å². The molecule has 1 aromatic heterocycles. The van der Waals surface area contributed by atoms with E-state index in [1.807, 2.05) is 0 Å². The summed E-state index contributed by atoms with van der Waals surface area (Å²) in [5, 5.41) is 19.6. The molecule has 0 atom stereocenters. The van der Waals surface area contributed by atoms with Crippen LogP contribution in [0.4, 0.5) is 5.69 Å². The number of rotatable bonds is 4. The lowest BCUT2D eigenvalue weighted by atomic mass is 10.1. The van der Waals surface area contributed by atoms with Gasteiger partial charge in [-0.1, -0.05) is 24.3 Å². The molecule has 3 aromatic rings. The Hall–Kier alpha value is -3.94. The summed E-state index contributed by atoms with van der Waals surface area (Å²) < 4.78 is 0.962. The predicted molar refractivity (Wildman–Crippen MR) is 99.6 cm³/mol. The van der Waals surface area contributed by atoms with Gasteiger partial charge in [0.05, 0.1) is 22.6 Å². The van der Waals surface area contributed by atoms with Crippen LogP contribution in [0.3, 0.4) is 0 Å². The molecule has 136 valence electrons. The van der Waals surface area contributed by atoms with E-state index >= 15 is 0 Å². The van der Waals surface area contributed by atoms with Crippen LogP contribution >= 0.6 is 0 Å². The molecule has 0 unspecified atom stereocenters. The number of aliphatic imine (C=N–C) groups is 1. The first-order chi connectivity index (χ1) is 12.9. The summed E-state index contributed by atoms with van der Waals surface area (Å²) in [6.45, 7) is 1.48. The maximum Gasteiger partial charge on any atom is 0.335 e. The Kier molecular flexibility index (Phi) is 4.71. The molecule has 0 aliphatic carbocycles. The summed E-state index contributed by atoms with van der Waals surface area (Å²) >= 11 is 0. The first kappa shape index (κ1) is 17.9. The monoisotopic (exact) mass is 365 g/mol. The number of benzene rings is 2. The van der Waals surface area contributed by atoms with Gasteiger partial charge in [-0.15, -0.1) is 0 Å². The zero-order valence-corrected chi connectivity index (χ0v) is 14.2. The number of hydrogen-bond acceptors (Lipinski definition) is 5. The fourth-order valence-corrected chi connectivity index (χ4v) is 2.63. The van der Waals surface area contributed by atoms with Gasteiger partial charge in [0.25, 0.3) is 5.56 Å². The summed E-state index contributed by atoms with van der Waals surface area (Å²) in [7, 11) is 0. The molecule has 2 aromatic carbocycles. The number of nitrogens with zero attached hydrogens (tertiary/aromatic N) is 2. The Balaban J connectivity index is 2.17. The van der Waals surface area contributed by atoms with Crippen molar-refractivity contribution in [1.29, 1.82) is 0 Å². The lowest BCUT2D eigenvalue weighted by molar-refractivity contribution is 0.0697. The number of aromatic nitrogens is 2. The van der Waals surface area contributed by atoms with E-state index in [2.05, 4.69) is 9.98 Å². The van der Waals surface area contributed by atoms with Crippen molar-refractivity contribution in [1.82, 2.24) is 9.55 Å². The molecule has 0 radical (unpaired) electrons. The quantitative estimate of drug-likeness (QED) is 0.611. The highest BCUT2D eigenvalue weighted by Crippen LogP contribution is 2.20. The van der Waals surface area contributed by atoms with Crippen LogP contribution in [0.15, 0.2) is 69.2 Å². The first-order valence-electron chi connectivity index (χ1n) is 7.91. The molecule has 8 heteroatoms. The number of H-pyrrole nitrogens is 1. The minimum atomic E-state index is -1.11. The van der Waals surface area contributed by atoms with E-state index in [0.29, 0.717) is 11.4 Å². The third kappa shape index (κ3) is 3.54. The summed E-state index contributed by atoms with van der Waals surface area (Å²) in [4.78, 5) is 41.9. The van der Waals surface area contributed by atoms with Crippen molar-refractivity contribution in [3.63, 3.8) is 0 Å². The highest BCUT2D eigenvalue weighted by atomic mass is 16.4. The molecule has 1 heterocycles. The zero-order valence-electron chi connectivity index (χ0n) is 14.2. The molecular formula is C19H15N3O5. The highest BCUT2D eigenvalue weighted by Gasteiger charge is 2.18. The molecule has 27 heavy (non-hydrogen) atoms. The molecule has 0 fully saturated rings. The van der Waals surface area contributed by atoms with E-state index in [-0.39, 0.29) is 16.8 Å². The molecule has 0 saturated carbocycles. The number of para-hydroxylation sites is 1. The van der Waals surface area contributed by atoms with E-state index in [1.54, 1.807) is 36.4 Å². The number of aromatic carboxylic acids is 1. The third-order valence-electron chi connectivity index (χ3n) is 3.85. The van der Waals surface area contributed by atoms with Crippen LogP contribution < -0.4 is 11.2 Å². The second-order valence-corrected chi connectivity index (χ2v) is 5.68. The lowest BCUT2D eigenvalue weighted by Crippen LogP contribution is -2.32. The van der Waals surface area contributed by atoms with Crippen LogP contribution in [-0.2, 0) is 0 Å². The van der Waals surface area contributed by atoms with Crippen LogP contribution in [0.5, 0.6) is 5.88 Å². The van der Waals surface area contributed by atoms with Crippen molar-refractivity contribution >= 4 is 17.4 Å². The van der Waals surface area contributed by atoms with E-state index in [9.17, 15) is 19.5 Å². The number of aromatic hydroxyl groups is 1. The van der Waals surface area contributed by atoms with Gasteiger partial charge in [0, 0.05) is 0 Å². The first-order valence-corrected chi connectivity index (χ1v) is 7.91. The standard InChI is InChI=1S/C19H15N3O5/c1-11(20-13-7-5-6-12(10-13)18(25)26)15-16(23)21-19(27)22(17(15)24)14-8-3-2-4-9-14/h2-10,24H,1H3,(H,25,26)(H,21,23,27). The summed E-state index contributed by atoms with van der Waals surface area (Å²) in [6, 6.07) is 14.2. The molecule has 3 rings (SSSR count). The number of carboxylic acid groups (broad SMARTS) is 1. The number of carbonyl (C=O) groups is 1. The van der Waals surface area contributed by atoms with Crippen LogP contribution in [0.1, 0.15) is 22.8 Å². The topological polar surface area (TPSA) is 125 Å². The Morgan fingerprint density at radius 3 is 2.44 bits per heavy atom.